The van der Waals surface area contributed by atoms with E-state index in [1.807, 2.05) is 6.07 Å². The Balaban J connectivity index is 1.84. The third kappa shape index (κ3) is 3.44. The van der Waals surface area contributed by atoms with Gasteiger partial charge in [0.25, 0.3) is 0 Å². The van der Waals surface area contributed by atoms with Gasteiger partial charge in [-0.15, -0.1) is 0 Å². The molecule has 1 unspecified atom stereocenters. The normalized spacial score (nSPS) is 18.3. The zero-order chi connectivity index (χ0) is 13.7. The Labute approximate surface area is 109 Å². The van der Waals surface area contributed by atoms with Crippen LogP contribution in [0.5, 0.6) is 0 Å². The molecule has 2 rings (SSSR count). The average Bonchev–Trinajstić information content (AvgIpc) is 2.72. The largest absolute Gasteiger partial charge is 0.273 e. The number of carbonyl (C=O) groups excluding carboxylic acids is 2. The Morgan fingerprint density at radius 2 is 2.42 bits per heavy atom. The standard InChI is InChI=1S/C12H13N5O2/c1-8-10(12(19)17-15-8)6-11(18)16-14-7-9-4-2-3-5-13-9/h2-5,7,10H,6H2,1H3,(H,16,18)(H,17,19). The summed E-state index contributed by atoms with van der Waals surface area (Å²) >= 11 is 0. The molecule has 0 bridgehead atoms. The zero-order valence-corrected chi connectivity index (χ0v) is 10.3. The number of amides is 2. The summed E-state index contributed by atoms with van der Waals surface area (Å²) in [6.45, 7) is 1.70. The van der Waals surface area contributed by atoms with Crippen LogP contribution >= 0.6 is 0 Å². The van der Waals surface area contributed by atoms with Crippen LogP contribution < -0.4 is 10.9 Å². The van der Waals surface area contributed by atoms with E-state index in [4.69, 9.17) is 0 Å². The first-order valence-corrected chi connectivity index (χ1v) is 5.74. The van der Waals surface area contributed by atoms with Gasteiger partial charge in [0, 0.05) is 18.3 Å². The molecule has 0 fully saturated rings. The van der Waals surface area contributed by atoms with Crippen LogP contribution in [0.4, 0.5) is 0 Å². The summed E-state index contributed by atoms with van der Waals surface area (Å²) in [5, 5.41) is 7.54. The van der Waals surface area contributed by atoms with Crippen LogP contribution in [0, 0.1) is 5.92 Å². The van der Waals surface area contributed by atoms with Gasteiger partial charge in [0.05, 0.1) is 17.8 Å². The Morgan fingerprint density at radius 1 is 1.58 bits per heavy atom. The maximum Gasteiger partial charge on any atom is 0.249 e. The molecule has 2 N–H and O–H groups in total. The van der Waals surface area contributed by atoms with Gasteiger partial charge in [-0.3, -0.25) is 14.6 Å². The molecule has 7 nitrogen and oxygen atoms in total. The highest BCUT2D eigenvalue weighted by Crippen LogP contribution is 2.11. The Kier molecular flexibility index (Phi) is 3.97. The van der Waals surface area contributed by atoms with Crippen molar-refractivity contribution in [3.05, 3.63) is 30.1 Å². The number of nitrogens with zero attached hydrogens (tertiary/aromatic N) is 3. The number of carbonyl (C=O) groups is 2. The maximum absolute atomic E-state index is 11.6. The van der Waals surface area contributed by atoms with E-state index in [9.17, 15) is 9.59 Å². The minimum Gasteiger partial charge on any atom is -0.273 e. The SMILES string of the molecule is CC1=NNC(=O)C1CC(=O)NN=Cc1ccccn1. The molecule has 0 spiro atoms. The first kappa shape index (κ1) is 12.9. The van der Waals surface area contributed by atoms with Gasteiger partial charge in [0.2, 0.25) is 11.8 Å². The molecule has 7 heteroatoms. The molecule has 19 heavy (non-hydrogen) atoms. The van der Waals surface area contributed by atoms with Crippen molar-refractivity contribution in [3.8, 4) is 0 Å². The molecule has 1 aliphatic rings. The van der Waals surface area contributed by atoms with Crippen molar-refractivity contribution in [3.63, 3.8) is 0 Å². The van der Waals surface area contributed by atoms with E-state index in [0.29, 0.717) is 11.4 Å². The van der Waals surface area contributed by atoms with Crippen LogP contribution in [0.2, 0.25) is 0 Å². The third-order valence-electron chi connectivity index (χ3n) is 2.63. The van der Waals surface area contributed by atoms with Crippen molar-refractivity contribution in [2.45, 2.75) is 13.3 Å². The van der Waals surface area contributed by atoms with Crippen LogP contribution in [0.25, 0.3) is 0 Å². The van der Waals surface area contributed by atoms with E-state index in [0.717, 1.165) is 0 Å². The number of pyridine rings is 1. The quantitative estimate of drug-likeness (QED) is 0.590. The summed E-state index contributed by atoms with van der Waals surface area (Å²) in [4.78, 5) is 27.0. The van der Waals surface area contributed by atoms with E-state index >= 15 is 0 Å². The number of nitrogens with one attached hydrogen (secondary N) is 2. The molecule has 0 aromatic carbocycles. The molecule has 1 atom stereocenters. The lowest BCUT2D eigenvalue weighted by atomic mass is 10.0. The Morgan fingerprint density at radius 3 is 3.05 bits per heavy atom. The van der Waals surface area contributed by atoms with Crippen LogP contribution in [-0.4, -0.2) is 28.7 Å². The second-order valence-corrected chi connectivity index (χ2v) is 4.03. The van der Waals surface area contributed by atoms with Gasteiger partial charge < -0.3 is 0 Å². The zero-order valence-electron chi connectivity index (χ0n) is 10.3. The Hall–Kier alpha value is -2.57. The molecule has 0 saturated heterocycles. The second kappa shape index (κ2) is 5.85. The van der Waals surface area contributed by atoms with Crippen LogP contribution in [0.1, 0.15) is 19.0 Å². The van der Waals surface area contributed by atoms with Crippen molar-refractivity contribution < 1.29 is 9.59 Å². The van der Waals surface area contributed by atoms with Gasteiger partial charge >= 0.3 is 0 Å². The molecular weight excluding hydrogens is 246 g/mol. The third-order valence-corrected chi connectivity index (χ3v) is 2.63. The van der Waals surface area contributed by atoms with Crippen molar-refractivity contribution in [2.24, 2.45) is 16.1 Å². The summed E-state index contributed by atoms with van der Waals surface area (Å²) in [6, 6.07) is 5.37. The van der Waals surface area contributed by atoms with Gasteiger partial charge in [-0.2, -0.15) is 10.2 Å². The molecular formula is C12H13N5O2. The van der Waals surface area contributed by atoms with Gasteiger partial charge in [-0.25, -0.2) is 10.9 Å². The monoisotopic (exact) mass is 259 g/mol. The number of hydrogen-bond donors (Lipinski definition) is 2. The van der Waals surface area contributed by atoms with Crippen molar-refractivity contribution >= 4 is 23.7 Å². The van der Waals surface area contributed by atoms with Gasteiger partial charge in [0.15, 0.2) is 0 Å². The van der Waals surface area contributed by atoms with Crippen LogP contribution in [0.15, 0.2) is 34.6 Å². The molecule has 1 aromatic rings. The maximum atomic E-state index is 11.6. The first-order chi connectivity index (χ1) is 9.16. The Bertz CT molecular complexity index is 538. The molecule has 1 aromatic heterocycles. The highest BCUT2D eigenvalue weighted by atomic mass is 16.2. The fourth-order valence-electron chi connectivity index (χ4n) is 1.58. The average molecular weight is 259 g/mol. The van der Waals surface area contributed by atoms with E-state index in [2.05, 4.69) is 26.0 Å². The van der Waals surface area contributed by atoms with Gasteiger partial charge in [0.1, 0.15) is 0 Å². The van der Waals surface area contributed by atoms with Crippen molar-refractivity contribution in [1.82, 2.24) is 15.8 Å². The number of hydrazone groups is 2. The molecule has 0 saturated carbocycles. The van der Waals surface area contributed by atoms with E-state index in [1.54, 1.807) is 25.3 Å². The topological polar surface area (TPSA) is 95.8 Å². The highest BCUT2D eigenvalue weighted by Gasteiger charge is 2.28. The molecule has 0 aliphatic carbocycles. The second-order valence-electron chi connectivity index (χ2n) is 4.03. The molecule has 2 amide bonds. The lowest BCUT2D eigenvalue weighted by molar-refractivity contribution is -0.127. The molecule has 1 aliphatic heterocycles. The number of rotatable bonds is 4. The van der Waals surface area contributed by atoms with Crippen molar-refractivity contribution in [1.29, 1.82) is 0 Å². The summed E-state index contributed by atoms with van der Waals surface area (Å²) < 4.78 is 0. The predicted octanol–water partition coefficient (Wildman–Crippen LogP) is 0.0437. The van der Waals surface area contributed by atoms with E-state index < -0.39 is 5.92 Å². The smallest absolute Gasteiger partial charge is 0.249 e. The van der Waals surface area contributed by atoms with Crippen LogP contribution in [0.3, 0.4) is 0 Å². The molecule has 0 radical (unpaired) electrons. The van der Waals surface area contributed by atoms with Gasteiger partial charge in [-0.05, 0) is 19.1 Å². The van der Waals surface area contributed by atoms with Crippen LogP contribution in [-0.2, 0) is 9.59 Å². The summed E-state index contributed by atoms with van der Waals surface area (Å²) in [7, 11) is 0. The lowest BCUT2D eigenvalue weighted by Crippen LogP contribution is -2.29. The fourth-order valence-corrected chi connectivity index (χ4v) is 1.58. The van der Waals surface area contributed by atoms with Crippen molar-refractivity contribution in [2.75, 3.05) is 0 Å². The number of hydrogen-bond acceptors (Lipinski definition) is 5. The number of aromatic nitrogens is 1. The van der Waals surface area contributed by atoms with Gasteiger partial charge in [-0.1, -0.05) is 6.07 Å². The highest BCUT2D eigenvalue weighted by molar-refractivity contribution is 6.09. The lowest BCUT2D eigenvalue weighted by Gasteiger charge is -2.05. The fraction of sp³-hybridized carbons (Fsp3) is 0.250. The molecule has 98 valence electrons. The summed E-state index contributed by atoms with van der Waals surface area (Å²) in [5.74, 6) is -1.12. The minimum atomic E-state index is -0.509. The first-order valence-electron chi connectivity index (χ1n) is 5.74. The minimum absolute atomic E-state index is 0.0285. The predicted molar refractivity (Wildman–Crippen MR) is 69.3 cm³/mol. The van der Waals surface area contributed by atoms with E-state index in [1.165, 1.54) is 6.21 Å². The van der Waals surface area contributed by atoms with E-state index in [-0.39, 0.29) is 18.2 Å². The summed E-state index contributed by atoms with van der Waals surface area (Å²) in [6.07, 6.45) is 3.10. The molecule has 2 heterocycles. The summed E-state index contributed by atoms with van der Waals surface area (Å²) in [5.41, 5.74) is 5.93.